The van der Waals surface area contributed by atoms with Gasteiger partial charge in [0.1, 0.15) is 11.8 Å². The van der Waals surface area contributed by atoms with Crippen LogP contribution >= 0.6 is 11.8 Å². The number of hydrogen-bond acceptors (Lipinski definition) is 6. The molecule has 0 bridgehead atoms. The molecule has 3 N–H and O–H groups in total. The van der Waals surface area contributed by atoms with Crippen molar-refractivity contribution in [1.82, 2.24) is 14.8 Å². The van der Waals surface area contributed by atoms with Crippen molar-refractivity contribution in [3.8, 4) is 5.75 Å². The number of rotatable bonds is 5. The summed E-state index contributed by atoms with van der Waals surface area (Å²) in [5, 5.41) is 8.33. The van der Waals surface area contributed by atoms with Gasteiger partial charge < -0.3 is 15.8 Å². The van der Waals surface area contributed by atoms with Gasteiger partial charge in [0.25, 0.3) is 0 Å². The molecule has 3 rings (SSSR count). The van der Waals surface area contributed by atoms with Crippen LogP contribution in [0.4, 0.5) is 5.95 Å². The second kappa shape index (κ2) is 6.56. The number of thioether (sulfide) groups is 1. The molecule has 1 amide bonds. The van der Waals surface area contributed by atoms with Gasteiger partial charge in [0, 0.05) is 5.70 Å². The summed E-state index contributed by atoms with van der Waals surface area (Å²) in [6, 6.07) is 7.10. The number of carbonyl (C=O) groups excluding carboxylic acids is 1. The van der Waals surface area contributed by atoms with E-state index >= 15 is 0 Å². The summed E-state index contributed by atoms with van der Waals surface area (Å²) in [6.07, 6.45) is 0. The number of primary amides is 1. The van der Waals surface area contributed by atoms with E-state index < -0.39 is 11.9 Å². The summed E-state index contributed by atoms with van der Waals surface area (Å²) in [4.78, 5) is 16.5. The molecule has 7 nitrogen and oxygen atoms in total. The van der Waals surface area contributed by atoms with Crippen molar-refractivity contribution in [1.29, 1.82) is 0 Å². The Morgan fingerprint density at radius 3 is 2.71 bits per heavy atom. The van der Waals surface area contributed by atoms with Crippen molar-refractivity contribution in [3.63, 3.8) is 0 Å². The van der Waals surface area contributed by atoms with Gasteiger partial charge in [0.15, 0.2) is 0 Å². The number of nitrogens with two attached hydrogens (primary N) is 1. The highest BCUT2D eigenvalue weighted by atomic mass is 32.2. The molecule has 24 heavy (non-hydrogen) atoms. The summed E-state index contributed by atoms with van der Waals surface area (Å²) < 4.78 is 6.92. The first-order chi connectivity index (χ1) is 11.5. The Morgan fingerprint density at radius 1 is 1.42 bits per heavy atom. The Bertz CT molecular complexity index is 797. The summed E-state index contributed by atoms with van der Waals surface area (Å²) in [6.45, 7) is 3.86. The van der Waals surface area contributed by atoms with Crippen molar-refractivity contribution < 1.29 is 9.53 Å². The molecule has 8 heteroatoms. The average molecular weight is 345 g/mol. The number of hydrogen-bond donors (Lipinski definition) is 2. The number of anilines is 1. The lowest BCUT2D eigenvalue weighted by Crippen LogP contribution is -2.31. The number of nitrogens with zero attached hydrogens (tertiary/aromatic N) is 3. The topological polar surface area (TPSA) is 95.1 Å². The fourth-order valence-corrected chi connectivity index (χ4v) is 3.29. The molecule has 0 fully saturated rings. The van der Waals surface area contributed by atoms with Crippen LogP contribution in [0.25, 0.3) is 0 Å². The Kier molecular flexibility index (Phi) is 4.48. The Morgan fingerprint density at radius 2 is 2.12 bits per heavy atom. The molecule has 1 aliphatic heterocycles. The molecule has 0 saturated heterocycles. The number of aromatic nitrogens is 3. The molecule has 1 unspecified atom stereocenters. The highest BCUT2D eigenvalue weighted by Crippen LogP contribution is 2.36. The van der Waals surface area contributed by atoms with Gasteiger partial charge in [-0.3, -0.25) is 4.79 Å². The zero-order valence-corrected chi connectivity index (χ0v) is 14.6. The summed E-state index contributed by atoms with van der Waals surface area (Å²) in [7, 11) is 1.61. The maximum atomic E-state index is 12.0. The van der Waals surface area contributed by atoms with Crippen LogP contribution in [0.5, 0.6) is 5.75 Å². The molecule has 1 aromatic carbocycles. The molecule has 126 valence electrons. The molecule has 0 aliphatic carbocycles. The third kappa shape index (κ3) is 2.84. The maximum absolute atomic E-state index is 12.0. The van der Waals surface area contributed by atoms with E-state index in [2.05, 4.69) is 15.4 Å². The monoisotopic (exact) mass is 345 g/mol. The van der Waals surface area contributed by atoms with E-state index in [-0.39, 0.29) is 0 Å². The first-order valence-corrected chi connectivity index (χ1v) is 8.54. The number of allylic oxidation sites excluding steroid dienone is 1. The molecule has 0 spiro atoms. The predicted molar refractivity (Wildman–Crippen MR) is 93.1 cm³/mol. The number of amides is 1. The highest BCUT2D eigenvalue weighted by Gasteiger charge is 2.33. The normalized spacial score (nSPS) is 16.5. The molecule has 1 aliphatic rings. The summed E-state index contributed by atoms with van der Waals surface area (Å²) in [5.41, 5.74) is 7.70. The largest absolute Gasteiger partial charge is 0.497 e. The van der Waals surface area contributed by atoms with Crippen LogP contribution < -0.4 is 15.8 Å². The van der Waals surface area contributed by atoms with E-state index in [0.29, 0.717) is 22.4 Å². The van der Waals surface area contributed by atoms with Gasteiger partial charge in [-0.2, -0.15) is 4.98 Å². The molecule has 2 aromatic rings. The highest BCUT2D eigenvalue weighted by molar-refractivity contribution is 7.99. The van der Waals surface area contributed by atoms with Gasteiger partial charge in [-0.25, -0.2) is 4.68 Å². The van der Waals surface area contributed by atoms with Crippen LogP contribution in [-0.4, -0.2) is 33.5 Å². The minimum absolute atomic E-state index is 0.414. The Balaban J connectivity index is 2.12. The van der Waals surface area contributed by atoms with Crippen molar-refractivity contribution >= 4 is 23.6 Å². The van der Waals surface area contributed by atoms with Gasteiger partial charge in [-0.05, 0) is 30.4 Å². The standard InChI is InChI=1S/C16H19N5O2S/c1-4-24-16-19-15-18-9(2)12(14(17)22)13(21(15)20-16)10-5-7-11(23-3)8-6-10/h5-8,13H,4H2,1-3H3,(H2,17,22)(H,18,19,20). The third-order valence-electron chi connectivity index (χ3n) is 3.80. The van der Waals surface area contributed by atoms with E-state index in [4.69, 9.17) is 10.5 Å². The quantitative estimate of drug-likeness (QED) is 0.807. The van der Waals surface area contributed by atoms with Crippen molar-refractivity contribution in [2.45, 2.75) is 25.0 Å². The lowest BCUT2D eigenvalue weighted by atomic mass is 9.95. The summed E-state index contributed by atoms with van der Waals surface area (Å²) >= 11 is 1.55. The number of ether oxygens (including phenoxy) is 1. The molecular formula is C16H19N5O2S. The van der Waals surface area contributed by atoms with Crippen LogP contribution in [0.3, 0.4) is 0 Å². The van der Waals surface area contributed by atoms with Gasteiger partial charge in [0.2, 0.25) is 17.0 Å². The average Bonchev–Trinajstić information content (AvgIpc) is 2.95. The minimum atomic E-state index is -0.480. The zero-order chi connectivity index (χ0) is 17.3. The summed E-state index contributed by atoms with van der Waals surface area (Å²) in [5.74, 6) is 1.74. The van der Waals surface area contributed by atoms with Crippen molar-refractivity contribution in [3.05, 3.63) is 41.1 Å². The van der Waals surface area contributed by atoms with Gasteiger partial charge >= 0.3 is 0 Å². The van der Waals surface area contributed by atoms with Crippen LogP contribution in [0.2, 0.25) is 0 Å². The lowest BCUT2D eigenvalue weighted by Gasteiger charge is -2.27. The second-order valence-corrected chi connectivity index (χ2v) is 6.53. The van der Waals surface area contributed by atoms with E-state index in [9.17, 15) is 4.79 Å². The number of carbonyl (C=O) groups is 1. The van der Waals surface area contributed by atoms with Crippen LogP contribution in [0, 0.1) is 0 Å². The molecule has 0 saturated carbocycles. The third-order valence-corrected chi connectivity index (χ3v) is 4.52. The maximum Gasteiger partial charge on any atom is 0.248 e. The Hall–Kier alpha value is -2.48. The van der Waals surface area contributed by atoms with E-state index in [1.165, 1.54) is 0 Å². The lowest BCUT2D eigenvalue weighted by molar-refractivity contribution is -0.115. The van der Waals surface area contributed by atoms with Gasteiger partial charge in [0.05, 0.1) is 12.7 Å². The van der Waals surface area contributed by atoms with Gasteiger partial charge in [-0.15, -0.1) is 5.10 Å². The van der Waals surface area contributed by atoms with Crippen LogP contribution in [0.15, 0.2) is 40.7 Å². The van der Waals surface area contributed by atoms with E-state index in [1.54, 1.807) is 23.6 Å². The molecule has 1 aromatic heterocycles. The number of nitrogens with one attached hydrogen (secondary N) is 1. The molecule has 0 radical (unpaired) electrons. The minimum Gasteiger partial charge on any atom is -0.497 e. The number of fused-ring (bicyclic) bond motifs is 1. The second-order valence-electron chi connectivity index (χ2n) is 5.30. The number of benzene rings is 1. The van der Waals surface area contributed by atoms with Crippen molar-refractivity contribution in [2.24, 2.45) is 5.73 Å². The molecular weight excluding hydrogens is 326 g/mol. The number of methoxy groups -OCH3 is 1. The first kappa shape index (κ1) is 16.4. The van der Waals surface area contributed by atoms with Crippen molar-refractivity contribution in [2.75, 3.05) is 18.2 Å². The van der Waals surface area contributed by atoms with Gasteiger partial charge in [-0.1, -0.05) is 30.8 Å². The molecule has 2 heterocycles. The van der Waals surface area contributed by atoms with Crippen LogP contribution in [-0.2, 0) is 4.79 Å². The predicted octanol–water partition coefficient (Wildman–Crippen LogP) is 2.17. The van der Waals surface area contributed by atoms with E-state index in [1.807, 2.05) is 38.1 Å². The molecule has 1 atom stereocenters. The van der Waals surface area contributed by atoms with Crippen LogP contribution in [0.1, 0.15) is 25.5 Å². The first-order valence-electron chi connectivity index (χ1n) is 7.56. The fourth-order valence-electron chi connectivity index (χ4n) is 2.74. The van der Waals surface area contributed by atoms with E-state index in [0.717, 1.165) is 17.1 Å². The Labute approximate surface area is 144 Å². The fraction of sp³-hybridized carbons (Fsp3) is 0.312. The SMILES string of the molecule is CCSc1nc2n(n1)C(c1ccc(OC)cc1)C(C(N)=O)=C(C)N2. The smallest absolute Gasteiger partial charge is 0.248 e. The zero-order valence-electron chi connectivity index (χ0n) is 13.7.